The summed E-state index contributed by atoms with van der Waals surface area (Å²) in [5.41, 5.74) is 1.66. The zero-order valence-corrected chi connectivity index (χ0v) is 16.9. The molecule has 0 radical (unpaired) electrons. The summed E-state index contributed by atoms with van der Waals surface area (Å²) >= 11 is 7.83. The molecule has 0 saturated carbocycles. The number of hydrogen-bond donors (Lipinski definition) is 0. The summed E-state index contributed by atoms with van der Waals surface area (Å²) in [6, 6.07) is 15.3. The number of allylic oxidation sites excluding steroid dienone is 1. The molecular weight excluding hydrogens is 380 g/mol. The summed E-state index contributed by atoms with van der Waals surface area (Å²) in [4.78, 5) is 19.8. The van der Waals surface area contributed by atoms with Gasteiger partial charge in [0.05, 0.1) is 26.4 Å². The summed E-state index contributed by atoms with van der Waals surface area (Å²) in [5, 5.41) is 1.50. The van der Waals surface area contributed by atoms with Crippen molar-refractivity contribution in [2.45, 2.75) is 26.3 Å². The van der Waals surface area contributed by atoms with E-state index in [9.17, 15) is 4.79 Å². The zero-order chi connectivity index (χ0) is 19.2. The third kappa shape index (κ3) is 3.01. The molecule has 4 rings (SSSR count). The van der Waals surface area contributed by atoms with Crippen LogP contribution >= 0.6 is 22.9 Å². The van der Waals surface area contributed by atoms with Gasteiger partial charge in [0.1, 0.15) is 10.8 Å². The highest BCUT2D eigenvalue weighted by Crippen LogP contribution is 2.39. The Bertz CT molecular complexity index is 1060. The quantitative estimate of drug-likeness (QED) is 0.590. The highest BCUT2D eigenvalue weighted by Gasteiger charge is 2.40. The Labute approximate surface area is 167 Å². The number of carbonyl (C=O) groups excluding carboxylic acids is 1. The van der Waals surface area contributed by atoms with Crippen LogP contribution in [0.3, 0.4) is 0 Å². The van der Waals surface area contributed by atoms with Crippen LogP contribution in [0.4, 0.5) is 0 Å². The average molecular weight is 399 g/mol. The van der Waals surface area contributed by atoms with Gasteiger partial charge in [-0.25, -0.2) is 4.98 Å². The van der Waals surface area contributed by atoms with Gasteiger partial charge in [-0.1, -0.05) is 48.0 Å². The van der Waals surface area contributed by atoms with Crippen molar-refractivity contribution < 1.29 is 9.53 Å². The lowest BCUT2D eigenvalue weighted by atomic mass is 9.98. The van der Waals surface area contributed by atoms with Gasteiger partial charge in [-0.15, -0.1) is 11.3 Å². The second kappa shape index (κ2) is 6.66. The molecule has 4 nitrogen and oxygen atoms in total. The minimum atomic E-state index is -0.634. The van der Waals surface area contributed by atoms with Crippen molar-refractivity contribution in [2.75, 3.05) is 6.73 Å². The number of carbonyl (C=O) groups is 1. The van der Waals surface area contributed by atoms with Crippen molar-refractivity contribution in [3.8, 4) is 0 Å². The normalized spacial score (nSPS) is 15.4. The van der Waals surface area contributed by atoms with Crippen molar-refractivity contribution in [3.05, 3.63) is 69.9 Å². The molecule has 27 heavy (non-hydrogen) atoms. The molecule has 0 N–H and O–H groups in total. The molecule has 2 aromatic carbocycles. The first-order valence-electron chi connectivity index (χ1n) is 8.66. The fourth-order valence-corrected chi connectivity index (χ4v) is 4.58. The Balaban J connectivity index is 1.75. The lowest BCUT2D eigenvalue weighted by Crippen LogP contribution is -2.49. The molecule has 0 fully saturated rings. The number of hydrogen-bond acceptors (Lipinski definition) is 4. The van der Waals surface area contributed by atoms with E-state index in [0.29, 0.717) is 16.4 Å². The number of ether oxygens (including phenoxy) is 1. The van der Waals surface area contributed by atoms with E-state index in [2.05, 4.69) is 0 Å². The third-order valence-corrected chi connectivity index (χ3v) is 6.69. The molecule has 0 saturated heterocycles. The van der Waals surface area contributed by atoms with Crippen LogP contribution in [0.15, 0.2) is 54.3 Å². The van der Waals surface area contributed by atoms with Crippen LogP contribution in [-0.4, -0.2) is 22.5 Å². The number of fused-ring (bicyclic) bond motifs is 1. The maximum Gasteiger partial charge on any atom is 0.261 e. The number of nitrogens with zero attached hydrogens (tertiary/aromatic N) is 2. The van der Waals surface area contributed by atoms with E-state index in [0.717, 1.165) is 20.8 Å². The van der Waals surface area contributed by atoms with Crippen molar-refractivity contribution in [1.29, 1.82) is 0 Å². The van der Waals surface area contributed by atoms with Crippen molar-refractivity contribution >= 4 is 44.6 Å². The Hall–Kier alpha value is -2.37. The molecule has 0 spiro atoms. The highest BCUT2D eigenvalue weighted by molar-refractivity contribution is 7.19. The molecule has 1 aliphatic heterocycles. The monoisotopic (exact) mass is 398 g/mol. The van der Waals surface area contributed by atoms with Gasteiger partial charge in [0, 0.05) is 0 Å². The number of amides is 1. The molecule has 0 aliphatic carbocycles. The van der Waals surface area contributed by atoms with Crippen molar-refractivity contribution in [1.82, 2.24) is 9.88 Å². The Morgan fingerprint density at radius 3 is 2.59 bits per heavy atom. The van der Waals surface area contributed by atoms with Gasteiger partial charge >= 0.3 is 0 Å². The predicted molar refractivity (Wildman–Crippen MR) is 109 cm³/mol. The first-order valence-corrected chi connectivity index (χ1v) is 9.85. The molecule has 1 aromatic heterocycles. The van der Waals surface area contributed by atoms with Crippen LogP contribution in [0.2, 0.25) is 5.02 Å². The summed E-state index contributed by atoms with van der Waals surface area (Å²) in [7, 11) is 0. The van der Waals surface area contributed by atoms with Gasteiger partial charge in [0.2, 0.25) is 0 Å². The highest BCUT2D eigenvalue weighted by atomic mass is 35.5. The van der Waals surface area contributed by atoms with Crippen LogP contribution in [-0.2, 0) is 15.1 Å². The van der Waals surface area contributed by atoms with Gasteiger partial charge in [-0.3, -0.25) is 9.69 Å². The summed E-state index contributed by atoms with van der Waals surface area (Å²) in [6.45, 7) is 6.01. The van der Waals surface area contributed by atoms with Gasteiger partial charge in [-0.2, -0.15) is 0 Å². The van der Waals surface area contributed by atoms with Gasteiger partial charge < -0.3 is 4.74 Å². The van der Waals surface area contributed by atoms with E-state index in [1.807, 2.05) is 69.3 Å². The molecule has 0 atom stereocenters. The minimum absolute atomic E-state index is 0.0553. The second-order valence-electron chi connectivity index (χ2n) is 6.97. The van der Waals surface area contributed by atoms with Gasteiger partial charge in [0.25, 0.3) is 5.91 Å². The van der Waals surface area contributed by atoms with E-state index in [-0.39, 0.29) is 12.6 Å². The second-order valence-corrected chi connectivity index (χ2v) is 8.38. The van der Waals surface area contributed by atoms with E-state index in [1.165, 1.54) is 11.3 Å². The zero-order valence-electron chi connectivity index (χ0n) is 15.3. The first kappa shape index (κ1) is 18.0. The predicted octanol–water partition coefficient (Wildman–Crippen LogP) is 5.43. The van der Waals surface area contributed by atoms with E-state index in [1.54, 1.807) is 4.90 Å². The van der Waals surface area contributed by atoms with Gasteiger partial charge in [-0.05, 0) is 38.5 Å². The maximum absolute atomic E-state index is 13.4. The van der Waals surface area contributed by atoms with Crippen molar-refractivity contribution in [3.63, 3.8) is 0 Å². The SMILES string of the molecule is CC1=C(c2ccccc2)C(=O)N(C(C)(C)c2nc3cccc(Cl)c3s2)CO1. The number of thiazole rings is 1. The van der Waals surface area contributed by atoms with Gasteiger partial charge in [0.15, 0.2) is 6.73 Å². The number of halogens is 1. The van der Waals surface area contributed by atoms with E-state index < -0.39 is 5.54 Å². The molecule has 138 valence electrons. The standard InChI is InChI=1S/C21H19ClN2O2S/c1-13-17(14-8-5-4-6-9-14)19(25)24(12-26-13)21(2,3)20-23-16-11-7-10-15(22)18(16)27-20/h4-11H,12H2,1-3H3. The molecule has 6 heteroatoms. The summed E-state index contributed by atoms with van der Waals surface area (Å²) in [6.07, 6.45) is 0. The third-order valence-electron chi connectivity index (χ3n) is 4.85. The van der Waals surface area contributed by atoms with E-state index in [4.69, 9.17) is 21.3 Å². The largest absolute Gasteiger partial charge is 0.477 e. The molecule has 3 aromatic rings. The first-order chi connectivity index (χ1) is 12.9. The molecule has 0 bridgehead atoms. The van der Waals surface area contributed by atoms with Crippen LogP contribution in [0, 0.1) is 0 Å². The lowest BCUT2D eigenvalue weighted by Gasteiger charge is -2.40. The molecular formula is C21H19ClN2O2S. The topological polar surface area (TPSA) is 42.4 Å². The maximum atomic E-state index is 13.4. The smallest absolute Gasteiger partial charge is 0.261 e. The Morgan fingerprint density at radius 1 is 1.15 bits per heavy atom. The summed E-state index contributed by atoms with van der Waals surface area (Å²) in [5.74, 6) is 0.589. The van der Waals surface area contributed by atoms with Crippen LogP contribution < -0.4 is 0 Å². The number of benzene rings is 2. The summed E-state index contributed by atoms with van der Waals surface area (Å²) < 4.78 is 6.80. The van der Waals surface area contributed by atoms with E-state index >= 15 is 0 Å². The van der Waals surface area contributed by atoms with Crippen molar-refractivity contribution in [2.24, 2.45) is 0 Å². The average Bonchev–Trinajstić information content (AvgIpc) is 3.09. The fourth-order valence-electron chi connectivity index (χ4n) is 3.22. The van der Waals surface area contributed by atoms with Crippen LogP contribution in [0.1, 0.15) is 31.3 Å². The number of aromatic nitrogens is 1. The Morgan fingerprint density at radius 2 is 1.89 bits per heavy atom. The fraction of sp³-hybridized carbons (Fsp3) is 0.238. The molecule has 1 amide bonds. The number of rotatable bonds is 3. The lowest BCUT2D eigenvalue weighted by molar-refractivity contribution is -0.139. The molecule has 0 unspecified atom stereocenters. The van der Waals surface area contributed by atoms with Crippen LogP contribution in [0.25, 0.3) is 15.8 Å². The Kier molecular flexibility index (Phi) is 4.44. The molecule has 2 heterocycles. The van der Waals surface area contributed by atoms with Crippen LogP contribution in [0.5, 0.6) is 0 Å². The molecule has 1 aliphatic rings. The minimum Gasteiger partial charge on any atom is -0.477 e.